The summed E-state index contributed by atoms with van der Waals surface area (Å²) >= 11 is 13.6. The molecule has 0 atom stereocenters. The highest BCUT2D eigenvalue weighted by molar-refractivity contribution is 7.99. The minimum absolute atomic E-state index is 0.111. The van der Waals surface area contributed by atoms with Crippen molar-refractivity contribution in [2.24, 2.45) is 0 Å². The summed E-state index contributed by atoms with van der Waals surface area (Å²) in [5.74, 6) is 0.862. The van der Waals surface area contributed by atoms with Crippen molar-refractivity contribution in [3.63, 3.8) is 0 Å². The van der Waals surface area contributed by atoms with Gasteiger partial charge in [-0.05, 0) is 26.2 Å². The van der Waals surface area contributed by atoms with Crippen LogP contribution in [0.5, 0.6) is 0 Å². The predicted molar refractivity (Wildman–Crippen MR) is 74.8 cm³/mol. The second-order valence-corrected chi connectivity index (χ2v) is 6.33. The van der Waals surface area contributed by atoms with E-state index in [4.69, 9.17) is 28.9 Å². The van der Waals surface area contributed by atoms with E-state index in [1.165, 1.54) is 0 Å². The first-order chi connectivity index (χ1) is 7.35. The average Bonchev–Trinajstić information content (AvgIpc) is 2.22. The molecule has 0 fully saturated rings. The molecule has 90 valence electrons. The monoisotopic (exact) mass is 279 g/mol. The zero-order valence-corrected chi connectivity index (χ0v) is 11.8. The van der Waals surface area contributed by atoms with Gasteiger partial charge in [-0.2, -0.15) is 11.8 Å². The Morgan fingerprint density at radius 3 is 2.62 bits per heavy atom. The Hall–Kier alpha value is -0.320. The van der Waals surface area contributed by atoms with E-state index in [-0.39, 0.29) is 10.6 Å². The molecule has 0 saturated heterocycles. The fourth-order valence-corrected chi connectivity index (χ4v) is 1.62. The third kappa shape index (κ3) is 3.61. The standard InChI is InChI=1S/C10H15Cl2N3S/c1-10(2,16-3)5-14-9-7(12)4-6(11)8(13)15-9/h4H,5H2,1-3H3,(H3,13,14,15). The summed E-state index contributed by atoms with van der Waals surface area (Å²) in [5, 5.41) is 4.03. The van der Waals surface area contributed by atoms with Crippen LogP contribution >= 0.6 is 35.0 Å². The van der Waals surface area contributed by atoms with Crippen molar-refractivity contribution < 1.29 is 0 Å². The fraction of sp³-hybridized carbons (Fsp3) is 0.500. The third-order valence-electron chi connectivity index (χ3n) is 2.19. The van der Waals surface area contributed by atoms with Crippen LogP contribution in [0.25, 0.3) is 0 Å². The summed E-state index contributed by atoms with van der Waals surface area (Å²) in [5.41, 5.74) is 5.61. The van der Waals surface area contributed by atoms with Gasteiger partial charge in [0.2, 0.25) is 0 Å². The van der Waals surface area contributed by atoms with Gasteiger partial charge in [-0.1, -0.05) is 23.2 Å². The predicted octanol–water partition coefficient (Wildman–Crippen LogP) is 3.52. The summed E-state index contributed by atoms with van der Waals surface area (Å²) in [6.07, 6.45) is 2.06. The molecule has 0 aliphatic carbocycles. The van der Waals surface area contributed by atoms with Gasteiger partial charge in [0.25, 0.3) is 0 Å². The zero-order chi connectivity index (χ0) is 12.3. The third-order valence-corrected chi connectivity index (χ3v) is 4.03. The quantitative estimate of drug-likeness (QED) is 0.886. The van der Waals surface area contributed by atoms with Crippen LogP contribution in [0.1, 0.15) is 13.8 Å². The summed E-state index contributed by atoms with van der Waals surface area (Å²) in [6.45, 7) is 5.03. The molecule has 0 aliphatic rings. The number of anilines is 2. The Bertz CT molecular complexity index is 383. The van der Waals surface area contributed by atoms with Gasteiger partial charge >= 0.3 is 0 Å². The molecule has 0 saturated carbocycles. The Morgan fingerprint density at radius 2 is 2.06 bits per heavy atom. The van der Waals surface area contributed by atoms with Crippen molar-refractivity contribution >= 4 is 46.6 Å². The number of nitrogens with zero attached hydrogens (tertiary/aromatic N) is 1. The number of halogens is 2. The Morgan fingerprint density at radius 1 is 1.44 bits per heavy atom. The van der Waals surface area contributed by atoms with E-state index in [9.17, 15) is 0 Å². The maximum atomic E-state index is 6.00. The number of hydrogen-bond donors (Lipinski definition) is 2. The molecule has 0 radical (unpaired) electrons. The van der Waals surface area contributed by atoms with Crippen LogP contribution < -0.4 is 11.1 Å². The molecule has 1 heterocycles. The van der Waals surface area contributed by atoms with Crippen LogP contribution in [-0.4, -0.2) is 22.5 Å². The van der Waals surface area contributed by atoms with E-state index in [0.717, 1.165) is 6.54 Å². The minimum Gasteiger partial charge on any atom is -0.382 e. The summed E-state index contributed by atoms with van der Waals surface area (Å²) in [4.78, 5) is 4.10. The van der Waals surface area contributed by atoms with E-state index in [1.54, 1.807) is 17.8 Å². The molecule has 1 aromatic rings. The highest BCUT2D eigenvalue weighted by atomic mass is 35.5. The highest BCUT2D eigenvalue weighted by Gasteiger charge is 2.16. The van der Waals surface area contributed by atoms with Crippen molar-refractivity contribution in [3.8, 4) is 0 Å². The molecular formula is C10H15Cl2N3S. The molecule has 3 N–H and O–H groups in total. The Kier molecular flexibility index (Phi) is 4.59. The molecule has 16 heavy (non-hydrogen) atoms. The molecule has 0 amide bonds. The lowest BCUT2D eigenvalue weighted by molar-refractivity contribution is 0.750. The minimum atomic E-state index is 0.111. The average molecular weight is 280 g/mol. The molecule has 6 heteroatoms. The largest absolute Gasteiger partial charge is 0.382 e. The number of hydrogen-bond acceptors (Lipinski definition) is 4. The van der Waals surface area contributed by atoms with Crippen molar-refractivity contribution in [1.29, 1.82) is 0 Å². The molecule has 0 aliphatic heterocycles. The molecule has 3 nitrogen and oxygen atoms in total. The van der Waals surface area contributed by atoms with Gasteiger partial charge in [0, 0.05) is 11.3 Å². The molecule has 1 aromatic heterocycles. The topological polar surface area (TPSA) is 50.9 Å². The summed E-state index contributed by atoms with van der Waals surface area (Å²) < 4.78 is 0.111. The molecule has 1 rings (SSSR count). The van der Waals surface area contributed by atoms with Crippen LogP contribution in [0.4, 0.5) is 11.6 Å². The number of nitrogen functional groups attached to an aromatic ring is 1. The van der Waals surface area contributed by atoms with Gasteiger partial charge in [-0.3, -0.25) is 0 Å². The van der Waals surface area contributed by atoms with E-state index in [0.29, 0.717) is 15.9 Å². The van der Waals surface area contributed by atoms with Crippen molar-refractivity contribution in [2.45, 2.75) is 18.6 Å². The van der Waals surface area contributed by atoms with Crippen molar-refractivity contribution in [3.05, 3.63) is 16.1 Å². The number of rotatable bonds is 4. The van der Waals surface area contributed by atoms with Crippen LogP contribution in [0.3, 0.4) is 0 Å². The normalized spacial score (nSPS) is 11.6. The number of thioether (sulfide) groups is 1. The number of pyridine rings is 1. The van der Waals surface area contributed by atoms with Gasteiger partial charge in [0.1, 0.15) is 11.6 Å². The van der Waals surface area contributed by atoms with Gasteiger partial charge in [0.15, 0.2) is 0 Å². The van der Waals surface area contributed by atoms with Gasteiger partial charge < -0.3 is 11.1 Å². The molecular weight excluding hydrogens is 265 g/mol. The van der Waals surface area contributed by atoms with Gasteiger partial charge in [-0.25, -0.2) is 4.98 Å². The van der Waals surface area contributed by atoms with Crippen LogP contribution in [0, 0.1) is 0 Å². The first-order valence-electron chi connectivity index (χ1n) is 4.76. The van der Waals surface area contributed by atoms with E-state index in [1.807, 2.05) is 0 Å². The smallest absolute Gasteiger partial charge is 0.147 e. The van der Waals surface area contributed by atoms with Crippen molar-refractivity contribution in [2.75, 3.05) is 23.9 Å². The van der Waals surface area contributed by atoms with Gasteiger partial charge in [-0.15, -0.1) is 0 Å². The number of aromatic nitrogens is 1. The van der Waals surface area contributed by atoms with E-state index in [2.05, 4.69) is 30.4 Å². The lowest BCUT2D eigenvalue weighted by Crippen LogP contribution is -2.26. The van der Waals surface area contributed by atoms with E-state index < -0.39 is 0 Å². The van der Waals surface area contributed by atoms with Crippen LogP contribution in [0.15, 0.2) is 6.07 Å². The van der Waals surface area contributed by atoms with Crippen LogP contribution in [0.2, 0.25) is 10.0 Å². The Balaban J connectivity index is 2.79. The number of nitrogens with two attached hydrogens (primary N) is 1. The van der Waals surface area contributed by atoms with Crippen molar-refractivity contribution in [1.82, 2.24) is 4.98 Å². The maximum absolute atomic E-state index is 6.00. The first-order valence-corrected chi connectivity index (χ1v) is 6.74. The fourth-order valence-electron chi connectivity index (χ4n) is 0.974. The summed E-state index contributed by atoms with van der Waals surface area (Å²) in [6, 6.07) is 1.60. The Labute approximate surface area is 110 Å². The molecule has 0 aromatic carbocycles. The van der Waals surface area contributed by atoms with Crippen LogP contribution in [-0.2, 0) is 0 Å². The maximum Gasteiger partial charge on any atom is 0.147 e. The second kappa shape index (κ2) is 5.34. The lowest BCUT2D eigenvalue weighted by atomic mass is 10.2. The molecule has 0 bridgehead atoms. The first kappa shape index (κ1) is 13.7. The van der Waals surface area contributed by atoms with E-state index >= 15 is 0 Å². The number of nitrogens with one attached hydrogen (secondary N) is 1. The van der Waals surface area contributed by atoms with Gasteiger partial charge in [0.05, 0.1) is 10.0 Å². The molecule has 0 spiro atoms. The molecule has 0 unspecified atom stereocenters. The second-order valence-electron chi connectivity index (χ2n) is 4.00. The SMILES string of the molecule is CSC(C)(C)CNc1nc(N)c(Cl)cc1Cl. The lowest BCUT2D eigenvalue weighted by Gasteiger charge is -2.23. The highest BCUT2D eigenvalue weighted by Crippen LogP contribution is 2.28. The zero-order valence-electron chi connectivity index (χ0n) is 9.47. The summed E-state index contributed by atoms with van der Waals surface area (Å²) in [7, 11) is 0.